The minimum absolute atomic E-state index is 0.114. The normalized spacial score (nSPS) is 15.0. The van der Waals surface area contributed by atoms with Gasteiger partial charge in [0.2, 0.25) is 10.0 Å². The number of ether oxygens (including phenoxy) is 2. The van der Waals surface area contributed by atoms with Gasteiger partial charge in [0.25, 0.3) is 0 Å². The Morgan fingerprint density at radius 2 is 1.72 bits per heavy atom. The second-order valence-electron chi connectivity index (χ2n) is 6.83. The number of hydrogen-bond donors (Lipinski definition) is 2. The lowest BCUT2D eigenvalue weighted by Gasteiger charge is -2.27. The summed E-state index contributed by atoms with van der Waals surface area (Å²) in [7, 11) is -2.23. The van der Waals surface area contributed by atoms with Crippen molar-refractivity contribution < 1.29 is 17.9 Å². The van der Waals surface area contributed by atoms with E-state index in [0.717, 1.165) is 16.8 Å². The van der Waals surface area contributed by atoms with Gasteiger partial charge in [0.15, 0.2) is 5.11 Å². The van der Waals surface area contributed by atoms with Gasteiger partial charge >= 0.3 is 0 Å². The number of sulfonamides is 1. The zero-order valence-corrected chi connectivity index (χ0v) is 18.3. The predicted octanol–water partition coefficient (Wildman–Crippen LogP) is 3.14. The standard InChI is InChI=1S/C20H25N3O4S2/c1-14-10-15(2)12-16(11-14)21-20(28)22-18-5-4-17(26-3)13-19(18)29(24,25)23-6-8-27-9-7-23/h4-5,10-13H,6-9H2,1-3H3,(H2,21,22,28). The Kier molecular flexibility index (Phi) is 6.74. The zero-order valence-electron chi connectivity index (χ0n) is 16.7. The van der Waals surface area contributed by atoms with Gasteiger partial charge in [0, 0.05) is 24.8 Å². The zero-order chi connectivity index (χ0) is 21.0. The van der Waals surface area contributed by atoms with E-state index in [1.807, 2.05) is 26.0 Å². The summed E-state index contributed by atoms with van der Waals surface area (Å²) in [6, 6.07) is 10.9. The third-order valence-corrected chi connectivity index (χ3v) is 6.65. The minimum atomic E-state index is -3.73. The maximum absolute atomic E-state index is 13.2. The van der Waals surface area contributed by atoms with Crippen molar-refractivity contribution >= 4 is 38.7 Å². The van der Waals surface area contributed by atoms with Gasteiger partial charge in [0.1, 0.15) is 10.6 Å². The van der Waals surface area contributed by atoms with Crippen molar-refractivity contribution in [3.63, 3.8) is 0 Å². The SMILES string of the molecule is COc1ccc(NC(=S)Nc2cc(C)cc(C)c2)c(S(=O)(=O)N2CCOCC2)c1. The molecule has 0 bridgehead atoms. The first-order valence-electron chi connectivity index (χ1n) is 9.22. The van der Waals surface area contributed by atoms with Crippen LogP contribution in [0.15, 0.2) is 41.3 Å². The highest BCUT2D eigenvalue weighted by Gasteiger charge is 2.29. The summed E-state index contributed by atoms with van der Waals surface area (Å²) in [6.07, 6.45) is 0. The summed E-state index contributed by atoms with van der Waals surface area (Å²) in [5, 5.41) is 6.45. The van der Waals surface area contributed by atoms with E-state index >= 15 is 0 Å². The molecule has 7 nitrogen and oxygen atoms in total. The second-order valence-corrected chi connectivity index (χ2v) is 9.15. The Bertz CT molecular complexity index is 983. The predicted molar refractivity (Wildman–Crippen MR) is 118 cm³/mol. The third kappa shape index (κ3) is 5.24. The molecule has 0 unspecified atom stereocenters. The largest absolute Gasteiger partial charge is 0.497 e. The van der Waals surface area contributed by atoms with E-state index in [9.17, 15) is 8.42 Å². The number of anilines is 2. The van der Waals surface area contributed by atoms with Crippen LogP contribution in [0.1, 0.15) is 11.1 Å². The Morgan fingerprint density at radius 1 is 1.07 bits per heavy atom. The highest BCUT2D eigenvalue weighted by Crippen LogP contribution is 2.29. The van der Waals surface area contributed by atoms with Crippen molar-refractivity contribution in [3.8, 4) is 5.75 Å². The molecule has 0 radical (unpaired) electrons. The molecule has 1 fully saturated rings. The number of nitrogens with one attached hydrogen (secondary N) is 2. The molecule has 29 heavy (non-hydrogen) atoms. The topological polar surface area (TPSA) is 79.9 Å². The number of aryl methyl sites for hydroxylation is 2. The Balaban J connectivity index is 1.87. The molecular weight excluding hydrogens is 410 g/mol. The lowest BCUT2D eigenvalue weighted by atomic mass is 10.1. The van der Waals surface area contributed by atoms with Crippen molar-refractivity contribution in [2.24, 2.45) is 0 Å². The average molecular weight is 436 g/mol. The fourth-order valence-corrected chi connectivity index (χ4v) is 5.00. The molecule has 0 saturated carbocycles. The minimum Gasteiger partial charge on any atom is -0.497 e. The molecule has 1 aliphatic rings. The molecule has 0 aliphatic carbocycles. The fourth-order valence-electron chi connectivity index (χ4n) is 3.20. The molecule has 0 aromatic heterocycles. The smallest absolute Gasteiger partial charge is 0.245 e. The van der Waals surface area contributed by atoms with E-state index in [1.165, 1.54) is 17.5 Å². The molecule has 1 aliphatic heterocycles. The summed E-state index contributed by atoms with van der Waals surface area (Å²) in [5.74, 6) is 0.454. The van der Waals surface area contributed by atoms with Crippen molar-refractivity contribution in [2.45, 2.75) is 18.7 Å². The first kappa shape index (κ1) is 21.5. The fraction of sp³-hybridized carbons (Fsp3) is 0.350. The first-order valence-corrected chi connectivity index (χ1v) is 11.1. The van der Waals surface area contributed by atoms with Crippen LogP contribution in [0.4, 0.5) is 11.4 Å². The van der Waals surface area contributed by atoms with Gasteiger partial charge in [-0.15, -0.1) is 0 Å². The molecule has 0 amide bonds. The van der Waals surface area contributed by atoms with Crippen LogP contribution in [-0.2, 0) is 14.8 Å². The van der Waals surface area contributed by atoms with E-state index < -0.39 is 10.0 Å². The van der Waals surface area contributed by atoms with Crippen LogP contribution in [0.2, 0.25) is 0 Å². The van der Waals surface area contributed by atoms with Crippen LogP contribution >= 0.6 is 12.2 Å². The van der Waals surface area contributed by atoms with Gasteiger partial charge in [-0.05, 0) is 61.5 Å². The Labute approximate surface area is 177 Å². The molecule has 2 aromatic carbocycles. The van der Waals surface area contributed by atoms with Gasteiger partial charge in [-0.1, -0.05) is 6.07 Å². The van der Waals surface area contributed by atoms with E-state index in [4.69, 9.17) is 21.7 Å². The van der Waals surface area contributed by atoms with Gasteiger partial charge in [-0.3, -0.25) is 0 Å². The van der Waals surface area contributed by atoms with E-state index in [2.05, 4.69) is 16.7 Å². The number of methoxy groups -OCH3 is 1. The summed E-state index contributed by atoms with van der Waals surface area (Å²) in [4.78, 5) is 0.114. The number of hydrogen-bond acceptors (Lipinski definition) is 5. The summed E-state index contributed by atoms with van der Waals surface area (Å²) in [5.41, 5.74) is 3.44. The van der Waals surface area contributed by atoms with Crippen molar-refractivity contribution in [1.82, 2.24) is 4.31 Å². The van der Waals surface area contributed by atoms with Crippen LogP contribution in [0.3, 0.4) is 0 Å². The lowest BCUT2D eigenvalue weighted by molar-refractivity contribution is 0.0730. The molecule has 2 aromatic rings. The van der Waals surface area contributed by atoms with Crippen LogP contribution in [-0.4, -0.2) is 51.2 Å². The number of thiocarbonyl (C=S) groups is 1. The summed E-state index contributed by atoms with van der Waals surface area (Å²) < 4.78 is 38.4. The molecular formula is C20H25N3O4S2. The van der Waals surface area contributed by atoms with Crippen LogP contribution in [0, 0.1) is 13.8 Å². The van der Waals surface area contributed by atoms with Gasteiger partial charge in [-0.2, -0.15) is 4.31 Å². The van der Waals surface area contributed by atoms with Gasteiger partial charge in [0.05, 0.1) is 26.0 Å². The number of benzene rings is 2. The van der Waals surface area contributed by atoms with Crippen molar-refractivity contribution in [3.05, 3.63) is 47.5 Å². The highest BCUT2D eigenvalue weighted by molar-refractivity contribution is 7.89. The highest BCUT2D eigenvalue weighted by atomic mass is 32.2. The summed E-state index contributed by atoms with van der Waals surface area (Å²) in [6.45, 7) is 5.38. The van der Waals surface area contributed by atoms with Crippen LogP contribution in [0.25, 0.3) is 0 Å². The average Bonchev–Trinajstić information content (AvgIpc) is 2.68. The quantitative estimate of drug-likeness (QED) is 0.699. The van der Waals surface area contributed by atoms with Crippen LogP contribution in [0.5, 0.6) is 5.75 Å². The van der Waals surface area contributed by atoms with E-state index in [1.54, 1.807) is 12.1 Å². The molecule has 1 heterocycles. The maximum atomic E-state index is 13.2. The molecule has 156 valence electrons. The molecule has 0 spiro atoms. The molecule has 0 atom stereocenters. The Hall–Kier alpha value is -2.20. The summed E-state index contributed by atoms with van der Waals surface area (Å²) >= 11 is 5.42. The lowest BCUT2D eigenvalue weighted by Crippen LogP contribution is -2.41. The second kappa shape index (κ2) is 9.08. The maximum Gasteiger partial charge on any atom is 0.245 e. The number of rotatable bonds is 5. The Morgan fingerprint density at radius 3 is 2.34 bits per heavy atom. The number of nitrogens with zero attached hydrogens (tertiary/aromatic N) is 1. The van der Waals surface area contributed by atoms with Crippen LogP contribution < -0.4 is 15.4 Å². The van der Waals surface area contributed by atoms with Gasteiger partial charge < -0.3 is 20.1 Å². The first-order chi connectivity index (χ1) is 13.8. The monoisotopic (exact) mass is 435 g/mol. The molecule has 2 N–H and O–H groups in total. The molecule has 1 saturated heterocycles. The third-order valence-electron chi connectivity index (χ3n) is 4.50. The number of morpholine rings is 1. The van der Waals surface area contributed by atoms with E-state index in [-0.39, 0.29) is 4.90 Å². The molecule has 9 heteroatoms. The van der Waals surface area contributed by atoms with E-state index in [0.29, 0.717) is 42.9 Å². The van der Waals surface area contributed by atoms with Crippen molar-refractivity contribution in [1.29, 1.82) is 0 Å². The van der Waals surface area contributed by atoms with Crippen molar-refractivity contribution in [2.75, 3.05) is 44.0 Å². The van der Waals surface area contributed by atoms with Gasteiger partial charge in [-0.25, -0.2) is 8.42 Å². The molecule has 3 rings (SSSR count).